The van der Waals surface area contributed by atoms with Crippen molar-refractivity contribution < 1.29 is 14.3 Å². The van der Waals surface area contributed by atoms with Gasteiger partial charge in [-0.1, -0.05) is 48.5 Å². The SMILES string of the molecule is CC1=NN(c2ccccc2)C(=O)C1=Cc1ccc(OCC(=O)Nc2ccccc2C)cc1. The minimum absolute atomic E-state index is 0.0922. The molecule has 2 amide bonds. The summed E-state index contributed by atoms with van der Waals surface area (Å²) in [6.45, 7) is 3.66. The third-order valence-electron chi connectivity index (χ3n) is 5.04. The van der Waals surface area contributed by atoms with Crippen LogP contribution in [0.25, 0.3) is 6.08 Å². The number of nitrogens with zero attached hydrogens (tertiary/aromatic N) is 2. The fourth-order valence-electron chi connectivity index (χ4n) is 3.30. The van der Waals surface area contributed by atoms with Crippen molar-refractivity contribution in [2.24, 2.45) is 5.10 Å². The van der Waals surface area contributed by atoms with Crippen molar-refractivity contribution in [2.75, 3.05) is 16.9 Å². The minimum atomic E-state index is -0.227. The molecule has 6 nitrogen and oxygen atoms in total. The Morgan fingerprint density at radius 3 is 2.38 bits per heavy atom. The zero-order valence-corrected chi connectivity index (χ0v) is 17.9. The summed E-state index contributed by atoms with van der Waals surface area (Å²) in [4.78, 5) is 25.0. The van der Waals surface area contributed by atoms with Crippen LogP contribution in [0.2, 0.25) is 0 Å². The average molecular weight is 425 g/mol. The van der Waals surface area contributed by atoms with Crippen LogP contribution in [0.5, 0.6) is 5.75 Å². The lowest BCUT2D eigenvalue weighted by molar-refractivity contribution is -0.118. The Morgan fingerprint density at radius 2 is 1.66 bits per heavy atom. The second kappa shape index (κ2) is 9.31. The number of rotatable bonds is 6. The van der Waals surface area contributed by atoms with E-state index in [1.54, 1.807) is 18.2 Å². The number of carbonyl (C=O) groups excluding carboxylic acids is 2. The van der Waals surface area contributed by atoms with Crippen LogP contribution in [-0.4, -0.2) is 24.1 Å². The molecule has 1 N–H and O–H groups in total. The Morgan fingerprint density at radius 1 is 0.969 bits per heavy atom. The van der Waals surface area contributed by atoms with Crippen molar-refractivity contribution in [1.82, 2.24) is 0 Å². The van der Waals surface area contributed by atoms with Crippen molar-refractivity contribution in [2.45, 2.75) is 13.8 Å². The number of nitrogens with one attached hydrogen (secondary N) is 1. The van der Waals surface area contributed by atoms with E-state index in [-0.39, 0.29) is 18.4 Å². The lowest BCUT2D eigenvalue weighted by Crippen LogP contribution is -2.21. The molecule has 0 fully saturated rings. The van der Waals surface area contributed by atoms with Gasteiger partial charge in [0.05, 0.1) is 17.0 Å². The molecule has 3 aromatic carbocycles. The zero-order chi connectivity index (χ0) is 22.5. The highest BCUT2D eigenvalue weighted by atomic mass is 16.5. The van der Waals surface area contributed by atoms with Gasteiger partial charge in [-0.2, -0.15) is 10.1 Å². The first-order valence-corrected chi connectivity index (χ1v) is 10.3. The van der Waals surface area contributed by atoms with Gasteiger partial charge in [0.25, 0.3) is 11.8 Å². The Bertz CT molecular complexity index is 1200. The average Bonchev–Trinajstić information content (AvgIpc) is 3.09. The number of para-hydroxylation sites is 2. The van der Waals surface area contributed by atoms with Crippen molar-refractivity contribution >= 4 is 35.0 Å². The van der Waals surface area contributed by atoms with Crippen LogP contribution in [0.15, 0.2) is 89.5 Å². The smallest absolute Gasteiger partial charge is 0.280 e. The summed E-state index contributed by atoms with van der Waals surface area (Å²) >= 11 is 0. The van der Waals surface area contributed by atoms with Crippen LogP contribution in [0.3, 0.4) is 0 Å². The number of hydrogen-bond donors (Lipinski definition) is 1. The number of amides is 2. The highest BCUT2D eigenvalue weighted by Gasteiger charge is 2.28. The maximum Gasteiger partial charge on any atom is 0.280 e. The molecule has 1 heterocycles. The Kier molecular flexibility index (Phi) is 6.12. The van der Waals surface area contributed by atoms with E-state index in [0.29, 0.717) is 17.0 Å². The fourth-order valence-corrected chi connectivity index (χ4v) is 3.30. The molecule has 6 heteroatoms. The van der Waals surface area contributed by atoms with Gasteiger partial charge in [-0.25, -0.2) is 0 Å². The summed E-state index contributed by atoms with van der Waals surface area (Å²) in [6, 6.07) is 24.1. The summed E-state index contributed by atoms with van der Waals surface area (Å²) in [5, 5.41) is 8.63. The summed E-state index contributed by atoms with van der Waals surface area (Å²) < 4.78 is 5.59. The molecule has 0 aliphatic carbocycles. The van der Waals surface area contributed by atoms with E-state index in [1.807, 2.05) is 80.6 Å². The topological polar surface area (TPSA) is 71.0 Å². The highest BCUT2D eigenvalue weighted by molar-refractivity contribution is 6.32. The van der Waals surface area contributed by atoms with Crippen LogP contribution in [-0.2, 0) is 9.59 Å². The minimum Gasteiger partial charge on any atom is -0.484 e. The van der Waals surface area contributed by atoms with Gasteiger partial charge in [0, 0.05) is 5.69 Å². The summed E-state index contributed by atoms with van der Waals surface area (Å²) in [5.74, 6) is 0.179. The van der Waals surface area contributed by atoms with E-state index >= 15 is 0 Å². The number of ether oxygens (including phenoxy) is 1. The van der Waals surface area contributed by atoms with Gasteiger partial charge in [-0.15, -0.1) is 0 Å². The predicted octanol–water partition coefficient (Wildman–Crippen LogP) is 4.82. The number of anilines is 2. The molecule has 160 valence electrons. The predicted molar refractivity (Wildman–Crippen MR) is 127 cm³/mol. The molecule has 0 bridgehead atoms. The number of hydrazone groups is 1. The van der Waals surface area contributed by atoms with Gasteiger partial charge < -0.3 is 10.1 Å². The molecule has 1 aliphatic heterocycles. The molecule has 0 saturated carbocycles. The van der Waals surface area contributed by atoms with Crippen molar-refractivity contribution in [1.29, 1.82) is 0 Å². The molecule has 0 saturated heterocycles. The van der Waals surface area contributed by atoms with E-state index < -0.39 is 0 Å². The molecular weight excluding hydrogens is 402 g/mol. The molecule has 1 aliphatic rings. The third kappa shape index (κ3) is 4.75. The highest BCUT2D eigenvalue weighted by Crippen LogP contribution is 2.25. The first-order chi connectivity index (χ1) is 15.5. The van der Waals surface area contributed by atoms with Crippen LogP contribution in [0.1, 0.15) is 18.1 Å². The second-order valence-electron chi connectivity index (χ2n) is 7.42. The third-order valence-corrected chi connectivity index (χ3v) is 5.04. The normalized spacial score (nSPS) is 14.4. The number of benzene rings is 3. The molecule has 4 rings (SSSR count). The fraction of sp³-hybridized carbons (Fsp3) is 0.115. The molecule has 3 aromatic rings. The first-order valence-electron chi connectivity index (χ1n) is 10.3. The monoisotopic (exact) mass is 425 g/mol. The Balaban J connectivity index is 1.38. The Labute approximate surface area is 186 Å². The molecule has 0 spiro atoms. The number of carbonyl (C=O) groups is 2. The van der Waals surface area contributed by atoms with Gasteiger partial charge in [0.2, 0.25) is 0 Å². The van der Waals surface area contributed by atoms with E-state index in [0.717, 1.165) is 22.5 Å². The first kappa shape index (κ1) is 21.1. The summed E-state index contributed by atoms with van der Waals surface area (Å²) in [5.41, 5.74) is 4.53. The van der Waals surface area contributed by atoms with Gasteiger partial charge in [0.15, 0.2) is 6.61 Å². The second-order valence-corrected chi connectivity index (χ2v) is 7.42. The quantitative estimate of drug-likeness (QED) is 0.576. The summed E-state index contributed by atoms with van der Waals surface area (Å²) in [7, 11) is 0. The van der Waals surface area contributed by atoms with E-state index in [4.69, 9.17) is 4.74 Å². The van der Waals surface area contributed by atoms with Gasteiger partial charge in [-0.05, 0) is 61.4 Å². The maximum absolute atomic E-state index is 12.8. The van der Waals surface area contributed by atoms with E-state index in [2.05, 4.69) is 10.4 Å². The summed E-state index contributed by atoms with van der Waals surface area (Å²) in [6.07, 6.45) is 1.80. The van der Waals surface area contributed by atoms with Crippen molar-refractivity contribution in [3.05, 3.63) is 95.6 Å². The molecule has 0 radical (unpaired) electrons. The van der Waals surface area contributed by atoms with Gasteiger partial charge in [0.1, 0.15) is 5.75 Å². The molecule has 32 heavy (non-hydrogen) atoms. The zero-order valence-electron chi connectivity index (χ0n) is 17.9. The van der Waals surface area contributed by atoms with Gasteiger partial charge in [-0.3, -0.25) is 9.59 Å². The van der Waals surface area contributed by atoms with Crippen LogP contribution in [0, 0.1) is 6.92 Å². The van der Waals surface area contributed by atoms with E-state index in [9.17, 15) is 9.59 Å². The lowest BCUT2D eigenvalue weighted by Gasteiger charge is -2.11. The van der Waals surface area contributed by atoms with Gasteiger partial charge >= 0.3 is 0 Å². The van der Waals surface area contributed by atoms with Crippen LogP contribution in [0.4, 0.5) is 11.4 Å². The molecular formula is C26H23N3O3. The molecule has 0 unspecified atom stereocenters. The van der Waals surface area contributed by atoms with E-state index in [1.165, 1.54) is 5.01 Å². The Hall–Kier alpha value is -4.19. The number of hydrogen-bond acceptors (Lipinski definition) is 4. The van der Waals surface area contributed by atoms with Crippen molar-refractivity contribution in [3.8, 4) is 5.75 Å². The number of aryl methyl sites for hydroxylation is 1. The molecule has 0 aromatic heterocycles. The largest absolute Gasteiger partial charge is 0.484 e. The maximum atomic E-state index is 12.8. The van der Waals surface area contributed by atoms with Crippen LogP contribution < -0.4 is 15.1 Å². The van der Waals surface area contributed by atoms with Crippen LogP contribution >= 0.6 is 0 Å². The molecule has 0 atom stereocenters. The lowest BCUT2D eigenvalue weighted by atomic mass is 10.1. The van der Waals surface area contributed by atoms with Crippen molar-refractivity contribution in [3.63, 3.8) is 0 Å². The standard InChI is InChI=1S/C26H23N3O3/c1-18-8-6-7-11-24(18)27-25(30)17-32-22-14-12-20(13-15-22)16-23-19(2)28-29(26(23)31)21-9-4-3-5-10-21/h3-16H,17H2,1-2H3,(H,27,30).